The predicted octanol–water partition coefficient (Wildman–Crippen LogP) is 27.4. The lowest BCUT2D eigenvalue weighted by atomic mass is 9.71. The fourth-order valence-electron chi connectivity index (χ4n) is 15.4. The van der Waals surface area contributed by atoms with Gasteiger partial charge in [0, 0.05) is 39.7 Å². The smallest absolute Gasteiger partial charge is 0.0630 e. The molecule has 0 atom stereocenters. The first-order chi connectivity index (χ1) is 61.2. The summed E-state index contributed by atoms with van der Waals surface area (Å²) >= 11 is 0. The van der Waals surface area contributed by atoms with Gasteiger partial charge in [0.1, 0.15) is 0 Å². The molecule has 3 aliphatic rings. The van der Waals surface area contributed by atoms with Crippen molar-refractivity contribution >= 4 is 34.1 Å². The molecule has 0 radical (unpaired) electrons. The molecule has 0 N–H and O–H groups in total. The van der Waals surface area contributed by atoms with E-state index in [9.17, 15) is 30.2 Å². The van der Waals surface area contributed by atoms with Gasteiger partial charge in [0.2, 0.25) is 0 Å². The third kappa shape index (κ3) is 11.1. The van der Waals surface area contributed by atoms with Crippen molar-refractivity contribution in [1.82, 2.24) is 0 Å². The molecule has 494 valence electrons. The molecule has 0 unspecified atom stereocenters. The summed E-state index contributed by atoms with van der Waals surface area (Å²) in [5, 5.41) is 0. The van der Waals surface area contributed by atoms with Crippen molar-refractivity contribution in [2.45, 2.75) is 70.6 Å². The molecule has 15 aromatic carbocycles. The van der Waals surface area contributed by atoms with Crippen molar-refractivity contribution in [3.05, 3.63) is 407 Å². The second kappa shape index (κ2) is 25.5. The van der Waals surface area contributed by atoms with Gasteiger partial charge in [-0.25, -0.2) is 0 Å². The van der Waals surface area contributed by atoms with E-state index in [1.54, 1.807) is 21.9 Å². The van der Waals surface area contributed by atoms with Gasteiger partial charge in [0.25, 0.3) is 0 Å². The van der Waals surface area contributed by atoms with Crippen LogP contribution in [0, 0.1) is 0 Å². The van der Waals surface area contributed by atoms with Gasteiger partial charge in [-0.2, -0.15) is 0 Å². The zero-order chi connectivity index (χ0) is 92.1. The molecule has 18 rings (SSSR count). The largest absolute Gasteiger partial charge is 0.309 e. The summed E-state index contributed by atoms with van der Waals surface area (Å²) in [6.45, 7) is 12.6. The maximum absolute atomic E-state index is 10.6. The minimum atomic E-state index is -1.26. The molecule has 0 spiro atoms. The Kier molecular flexibility index (Phi) is 10.1. The predicted molar refractivity (Wildman–Crippen MR) is 434 cm³/mol. The van der Waals surface area contributed by atoms with Crippen LogP contribution in [0.2, 0.25) is 0 Å². The lowest BCUT2D eigenvalue weighted by Gasteiger charge is -2.47. The minimum Gasteiger partial charge on any atom is -0.309 e. The van der Waals surface area contributed by atoms with Crippen LogP contribution < -0.4 is 9.80 Å². The molecule has 1 aliphatic carbocycles. The van der Waals surface area contributed by atoms with Gasteiger partial charge in [0.05, 0.1) is 69.8 Å². The molecule has 2 aliphatic heterocycles. The van der Waals surface area contributed by atoms with Crippen molar-refractivity contribution < 1.29 is 35.6 Å². The molecule has 0 fully saturated rings. The number of hydrogen-bond acceptors (Lipinski definition) is 2. The van der Waals surface area contributed by atoms with Crippen molar-refractivity contribution in [2.75, 3.05) is 9.80 Å². The average Bonchev–Trinajstić information content (AvgIpc) is 0.689. The van der Waals surface area contributed by atoms with Crippen LogP contribution in [-0.2, 0) is 17.3 Å². The van der Waals surface area contributed by atoms with Crippen LogP contribution in [0.25, 0.3) is 89.0 Å². The van der Waals surface area contributed by atoms with E-state index in [4.69, 9.17) is 5.48 Å². The zero-order valence-electron chi connectivity index (χ0n) is 83.2. The highest BCUT2D eigenvalue weighted by atomic mass is 15.2. The Morgan fingerprint density at radius 2 is 0.631 bits per heavy atom. The highest BCUT2D eigenvalue weighted by Crippen LogP contribution is 2.65. The quantitative estimate of drug-likeness (QED) is 0.127. The second-order valence-corrected chi connectivity index (χ2v) is 28.3. The summed E-state index contributed by atoms with van der Waals surface area (Å²) in [5.41, 5.74) is 5.12. The lowest BCUT2D eigenvalue weighted by Crippen LogP contribution is -2.31. The standard InChI is InChI=1S/C101H80N2/c1-100(2,3)77-53-55-79(87(64-77)70-39-21-11-22-40-70)74-51-57-91-89(60-74)96-90-61-75(80-56-54-78(101(4,5)6)65-88(80)71-41-23-12-24-42-71)52-58-92(90)103(99-85(68-35-17-9-18-36-68)49-30-50-86(99)69-37-19-10-20-38-69)94-63-76(95-81-45-27-25-43-72(81)59-73-44-26-28-46-82(73)95)62-93(97(94)96)102(91)98-83(66-31-13-7-14-32-66)47-29-48-84(98)67-33-15-8-16-34-67/h7-58,60-65,95-96H,59H2,1-6H3/i7D,8D,9D,10D,13D,14D,15D,16D,17D,18D,19D,20D,29D,30D,31D,32D,33D,34D,35D,36D,37D,38D,47D,48D,49D,50D. The van der Waals surface area contributed by atoms with Crippen LogP contribution in [0.4, 0.5) is 34.1 Å². The van der Waals surface area contributed by atoms with Gasteiger partial charge in [-0.05, 0) is 170 Å². The first-order valence-electron chi connectivity index (χ1n) is 47.4. The number of rotatable bonds is 11. The third-order valence-electron chi connectivity index (χ3n) is 20.2. The van der Waals surface area contributed by atoms with Gasteiger partial charge in [-0.15, -0.1) is 0 Å². The van der Waals surface area contributed by atoms with E-state index in [1.165, 1.54) is 0 Å². The van der Waals surface area contributed by atoms with E-state index in [2.05, 4.69) is 53.7 Å². The number of hydrogen-bond donors (Lipinski definition) is 0. The van der Waals surface area contributed by atoms with E-state index in [0.29, 0.717) is 45.4 Å². The maximum atomic E-state index is 10.6. The fraction of sp³-hybridized carbons (Fsp3) is 0.109. The Morgan fingerprint density at radius 1 is 0.272 bits per heavy atom. The average molecular weight is 1350 g/mol. The molecule has 0 saturated carbocycles. The van der Waals surface area contributed by atoms with Crippen LogP contribution in [0.3, 0.4) is 0 Å². The van der Waals surface area contributed by atoms with Crippen molar-refractivity contribution in [1.29, 1.82) is 0 Å². The molecule has 0 aromatic heterocycles. The van der Waals surface area contributed by atoms with Crippen LogP contribution in [0.15, 0.2) is 351 Å². The van der Waals surface area contributed by atoms with E-state index in [0.717, 1.165) is 55.6 Å². The van der Waals surface area contributed by atoms with Crippen molar-refractivity contribution in [2.24, 2.45) is 0 Å². The Hall–Kier alpha value is -12.1. The fourth-order valence-corrected chi connectivity index (χ4v) is 15.4. The summed E-state index contributed by atoms with van der Waals surface area (Å²) in [6, 6.07) is 38.7. The van der Waals surface area contributed by atoms with Crippen LogP contribution in [0.5, 0.6) is 0 Å². The van der Waals surface area contributed by atoms with Gasteiger partial charge in [0.15, 0.2) is 0 Å². The number of fused-ring (bicyclic) bond motifs is 6. The highest BCUT2D eigenvalue weighted by molar-refractivity contribution is 6.07. The Morgan fingerprint density at radius 3 is 1.00 bits per heavy atom. The van der Waals surface area contributed by atoms with Crippen molar-refractivity contribution in [3.8, 4) is 89.0 Å². The van der Waals surface area contributed by atoms with Gasteiger partial charge < -0.3 is 9.80 Å². The molecule has 2 nitrogen and oxygen atoms in total. The van der Waals surface area contributed by atoms with E-state index >= 15 is 0 Å². The monoisotopic (exact) mass is 1350 g/mol. The molecule has 2 heterocycles. The zero-order valence-corrected chi connectivity index (χ0v) is 57.2. The Balaban J connectivity index is 1.14. The van der Waals surface area contributed by atoms with Gasteiger partial charge in [-0.3, -0.25) is 0 Å². The summed E-state index contributed by atoms with van der Waals surface area (Å²) < 4.78 is 256. The molecule has 0 amide bonds. The van der Waals surface area contributed by atoms with Gasteiger partial charge >= 0.3 is 0 Å². The number of benzene rings is 15. The molecule has 0 bridgehead atoms. The minimum absolute atomic E-state index is 0.00939. The van der Waals surface area contributed by atoms with Crippen LogP contribution in [-0.4, -0.2) is 0 Å². The normalized spacial score (nSPS) is 16.7. The summed E-state index contributed by atoms with van der Waals surface area (Å²) in [5.74, 6) is -2.16. The first-order valence-corrected chi connectivity index (χ1v) is 34.4. The molecular formula is C101H80N2. The number of para-hydroxylation sites is 2. The molecule has 103 heavy (non-hydrogen) atoms. The van der Waals surface area contributed by atoms with E-state index < -0.39 is 236 Å². The first kappa shape index (κ1) is 41.0. The summed E-state index contributed by atoms with van der Waals surface area (Å²) in [4.78, 5) is 3.14. The molecular weight excluding hydrogens is 1240 g/mol. The summed E-state index contributed by atoms with van der Waals surface area (Å²) in [7, 11) is 0. The SMILES string of the molecule is [2H]c1c([2H])c([2H])c(-c2c([2H])c([2H])c([2H])c(-c3c([2H])c([2H])c([2H])c([2H])c3[2H])c2N2c3ccc(-c4ccc(C(C)(C)C)cc4-c4ccccc4)cc3C3c4cc(-c5ccc(C(C)(C)C)cc5-c5ccccc5)ccc4N(c4c(-c5c([2H])c([2H])c([2H])c([2H])c5[2H])c([2H])c([2H])c([2H])c4-c4c([2H])c([2H])c([2H])c([2H])c4[2H])c4cc(C5c6ccccc6Cc6ccccc65)cc2c43)c([2H])c1[2H]. The molecule has 0 saturated heterocycles. The van der Waals surface area contributed by atoms with Crippen molar-refractivity contribution in [3.63, 3.8) is 0 Å². The van der Waals surface area contributed by atoms with E-state index in [-0.39, 0.29) is 28.3 Å². The Labute approximate surface area is 643 Å². The maximum Gasteiger partial charge on any atom is 0.0630 e. The lowest BCUT2D eigenvalue weighted by molar-refractivity contribution is 0.590. The number of nitrogens with zero attached hydrogens (tertiary/aromatic N) is 2. The summed E-state index contributed by atoms with van der Waals surface area (Å²) in [6.07, 6.45) is 0.420. The van der Waals surface area contributed by atoms with Crippen LogP contribution in [0.1, 0.15) is 145 Å². The Bertz CT molecular complexity index is 6660. The molecule has 15 aromatic rings. The number of anilines is 6. The van der Waals surface area contributed by atoms with E-state index in [1.807, 2.05) is 170 Å². The van der Waals surface area contributed by atoms with Crippen LogP contribution >= 0.6 is 0 Å². The molecule has 2 heteroatoms. The highest BCUT2D eigenvalue weighted by Gasteiger charge is 2.45. The third-order valence-corrected chi connectivity index (χ3v) is 20.2. The second-order valence-electron chi connectivity index (χ2n) is 28.3. The topological polar surface area (TPSA) is 6.48 Å². The van der Waals surface area contributed by atoms with Gasteiger partial charge in [-0.1, -0.05) is 356 Å².